The Kier molecular flexibility index (Phi) is 3.33. The van der Waals surface area contributed by atoms with E-state index < -0.39 is 0 Å². The van der Waals surface area contributed by atoms with Gasteiger partial charge in [-0.15, -0.1) is 0 Å². The fourth-order valence-electron chi connectivity index (χ4n) is 3.42. The summed E-state index contributed by atoms with van der Waals surface area (Å²) < 4.78 is 0. The molecule has 2 nitrogen and oxygen atoms in total. The van der Waals surface area contributed by atoms with E-state index in [1.807, 2.05) is 0 Å². The van der Waals surface area contributed by atoms with Crippen molar-refractivity contribution in [1.82, 2.24) is 9.80 Å². The molecule has 0 N–H and O–H groups in total. The Morgan fingerprint density at radius 2 is 1.81 bits per heavy atom. The molecule has 0 aromatic carbocycles. The maximum absolute atomic E-state index is 2.69. The van der Waals surface area contributed by atoms with Crippen molar-refractivity contribution in [3.63, 3.8) is 0 Å². The van der Waals surface area contributed by atoms with Gasteiger partial charge < -0.3 is 4.90 Å². The topological polar surface area (TPSA) is 6.48 Å². The molecule has 1 spiro atoms. The molecule has 1 unspecified atom stereocenters. The molecule has 2 rings (SSSR count). The predicted octanol–water partition coefficient (Wildman–Crippen LogP) is 2.59. The molecule has 0 aliphatic carbocycles. The Morgan fingerprint density at radius 1 is 1.06 bits per heavy atom. The van der Waals surface area contributed by atoms with Gasteiger partial charge >= 0.3 is 0 Å². The van der Waals surface area contributed by atoms with E-state index >= 15 is 0 Å². The van der Waals surface area contributed by atoms with Crippen molar-refractivity contribution in [2.75, 3.05) is 32.7 Å². The van der Waals surface area contributed by atoms with Crippen molar-refractivity contribution in [3.8, 4) is 0 Å². The molecule has 0 aromatic heterocycles. The standard InChI is InChI=1S/C14H28N2/c1-5-15-9-6-7-14(11-15)8-10-16(12-14)13(2,3)4/h5-12H2,1-4H3. The highest BCUT2D eigenvalue weighted by atomic mass is 15.2. The SMILES string of the molecule is CCN1CCCC2(CCN(C(C)(C)C)C2)C1. The molecule has 94 valence electrons. The van der Waals surface area contributed by atoms with Crippen molar-refractivity contribution in [3.05, 3.63) is 0 Å². The maximum Gasteiger partial charge on any atom is 0.0125 e. The van der Waals surface area contributed by atoms with Crippen LogP contribution in [0, 0.1) is 5.41 Å². The highest BCUT2D eigenvalue weighted by molar-refractivity contribution is 4.97. The molecular weight excluding hydrogens is 196 g/mol. The molecule has 16 heavy (non-hydrogen) atoms. The van der Waals surface area contributed by atoms with Gasteiger partial charge in [0.2, 0.25) is 0 Å². The highest BCUT2D eigenvalue weighted by Crippen LogP contribution is 2.40. The van der Waals surface area contributed by atoms with Crippen LogP contribution >= 0.6 is 0 Å². The minimum atomic E-state index is 0.359. The molecule has 2 heteroatoms. The van der Waals surface area contributed by atoms with Crippen LogP contribution in [0.1, 0.15) is 47.0 Å². The molecule has 2 aliphatic rings. The largest absolute Gasteiger partial charge is 0.303 e. The Labute approximate surface area is 101 Å². The molecule has 2 saturated heterocycles. The van der Waals surface area contributed by atoms with Crippen LogP contribution in [0.3, 0.4) is 0 Å². The normalized spacial score (nSPS) is 33.8. The summed E-state index contributed by atoms with van der Waals surface area (Å²) in [5.74, 6) is 0. The Balaban J connectivity index is 2.00. The summed E-state index contributed by atoms with van der Waals surface area (Å²) in [4.78, 5) is 5.34. The van der Waals surface area contributed by atoms with E-state index in [0.29, 0.717) is 11.0 Å². The molecule has 0 radical (unpaired) electrons. The molecule has 2 aliphatic heterocycles. The van der Waals surface area contributed by atoms with E-state index in [0.717, 1.165) is 0 Å². The summed E-state index contributed by atoms with van der Waals surface area (Å²) >= 11 is 0. The third kappa shape index (κ3) is 2.43. The van der Waals surface area contributed by atoms with Crippen LogP contribution in [0.25, 0.3) is 0 Å². The van der Waals surface area contributed by atoms with E-state index in [9.17, 15) is 0 Å². The van der Waals surface area contributed by atoms with Crippen molar-refractivity contribution in [2.24, 2.45) is 5.41 Å². The van der Waals surface area contributed by atoms with E-state index in [2.05, 4.69) is 37.5 Å². The van der Waals surface area contributed by atoms with Crippen LogP contribution in [-0.2, 0) is 0 Å². The van der Waals surface area contributed by atoms with Crippen LogP contribution in [0.5, 0.6) is 0 Å². The molecule has 0 bridgehead atoms. The van der Waals surface area contributed by atoms with Gasteiger partial charge in [0.25, 0.3) is 0 Å². The first kappa shape index (κ1) is 12.4. The second kappa shape index (κ2) is 4.30. The van der Waals surface area contributed by atoms with E-state index in [-0.39, 0.29) is 0 Å². The summed E-state index contributed by atoms with van der Waals surface area (Å²) in [5.41, 5.74) is 0.986. The summed E-state index contributed by atoms with van der Waals surface area (Å²) in [5, 5.41) is 0. The monoisotopic (exact) mass is 224 g/mol. The van der Waals surface area contributed by atoms with Gasteiger partial charge in [0.05, 0.1) is 0 Å². The minimum absolute atomic E-state index is 0.359. The van der Waals surface area contributed by atoms with Crippen molar-refractivity contribution in [1.29, 1.82) is 0 Å². The van der Waals surface area contributed by atoms with Gasteiger partial charge in [-0.05, 0) is 65.1 Å². The molecule has 2 heterocycles. The lowest BCUT2D eigenvalue weighted by atomic mass is 9.79. The maximum atomic E-state index is 2.69. The average molecular weight is 224 g/mol. The van der Waals surface area contributed by atoms with Gasteiger partial charge in [-0.2, -0.15) is 0 Å². The zero-order valence-electron chi connectivity index (χ0n) is 11.6. The quantitative estimate of drug-likeness (QED) is 0.675. The van der Waals surface area contributed by atoms with Crippen LogP contribution < -0.4 is 0 Å². The van der Waals surface area contributed by atoms with Gasteiger partial charge in [-0.25, -0.2) is 0 Å². The number of hydrogen-bond donors (Lipinski definition) is 0. The zero-order chi connectivity index (χ0) is 11.8. The molecule has 0 aromatic rings. The van der Waals surface area contributed by atoms with Gasteiger partial charge in [-0.1, -0.05) is 6.92 Å². The van der Waals surface area contributed by atoms with Gasteiger partial charge in [0.15, 0.2) is 0 Å². The minimum Gasteiger partial charge on any atom is -0.303 e. The van der Waals surface area contributed by atoms with Crippen LogP contribution in [0.2, 0.25) is 0 Å². The number of nitrogens with zero attached hydrogens (tertiary/aromatic N) is 2. The van der Waals surface area contributed by atoms with E-state index in [1.54, 1.807) is 0 Å². The first-order chi connectivity index (χ1) is 7.45. The second-order valence-electron chi connectivity index (χ2n) is 6.81. The van der Waals surface area contributed by atoms with Gasteiger partial charge in [0.1, 0.15) is 0 Å². The van der Waals surface area contributed by atoms with E-state index in [1.165, 1.54) is 52.0 Å². The lowest BCUT2D eigenvalue weighted by molar-refractivity contribution is 0.0792. The molecule has 2 fully saturated rings. The third-order valence-electron chi connectivity index (χ3n) is 4.57. The molecule has 1 atom stereocenters. The molecular formula is C14H28N2. The van der Waals surface area contributed by atoms with Crippen LogP contribution in [-0.4, -0.2) is 48.1 Å². The first-order valence-corrected chi connectivity index (χ1v) is 6.93. The fraction of sp³-hybridized carbons (Fsp3) is 1.00. The number of piperidine rings is 1. The number of likely N-dealkylation sites (tertiary alicyclic amines) is 2. The zero-order valence-corrected chi connectivity index (χ0v) is 11.6. The smallest absolute Gasteiger partial charge is 0.0125 e. The van der Waals surface area contributed by atoms with Crippen LogP contribution in [0.15, 0.2) is 0 Å². The Hall–Kier alpha value is -0.0800. The third-order valence-corrected chi connectivity index (χ3v) is 4.57. The molecule has 0 saturated carbocycles. The highest BCUT2D eigenvalue weighted by Gasteiger charge is 2.43. The number of rotatable bonds is 1. The summed E-state index contributed by atoms with van der Waals surface area (Å²) in [6.45, 7) is 15.9. The van der Waals surface area contributed by atoms with Crippen molar-refractivity contribution >= 4 is 0 Å². The summed E-state index contributed by atoms with van der Waals surface area (Å²) in [7, 11) is 0. The Bertz CT molecular complexity index is 244. The Morgan fingerprint density at radius 3 is 2.38 bits per heavy atom. The lowest BCUT2D eigenvalue weighted by Crippen LogP contribution is -2.47. The predicted molar refractivity (Wildman–Crippen MR) is 69.7 cm³/mol. The second-order valence-corrected chi connectivity index (χ2v) is 6.81. The van der Waals surface area contributed by atoms with Crippen LogP contribution in [0.4, 0.5) is 0 Å². The molecule has 0 amide bonds. The first-order valence-electron chi connectivity index (χ1n) is 6.93. The van der Waals surface area contributed by atoms with Crippen molar-refractivity contribution < 1.29 is 0 Å². The van der Waals surface area contributed by atoms with E-state index in [4.69, 9.17) is 0 Å². The lowest BCUT2D eigenvalue weighted by Gasteiger charge is -2.41. The fourth-order valence-corrected chi connectivity index (χ4v) is 3.42. The summed E-state index contributed by atoms with van der Waals surface area (Å²) in [6, 6.07) is 0. The summed E-state index contributed by atoms with van der Waals surface area (Å²) in [6.07, 6.45) is 4.28. The van der Waals surface area contributed by atoms with Gasteiger partial charge in [0, 0.05) is 18.6 Å². The van der Waals surface area contributed by atoms with Gasteiger partial charge in [-0.3, -0.25) is 4.90 Å². The number of hydrogen-bond acceptors (Lipinski definition) is 2. The van der Waals surface area contributed by atoms with Crippen molar-refractivity contribution in [2.45, 2.75) is 52.5 Å². The average Bonchev–Trinajstić information content (AvgIpc) is 2.62.